The van der Waals surface area contributed by atoms with Gasteiger partial charge in [-0.05, 0) is 31.2 Å². The Morgan fingerprint density at radius 3 is 2.11 bits per heavy atom. The van der Waals surface area contributed by atoms with Crippen molar-refractivity contribution in [1.29, 1.82) is 0 Å². The maximum Gasteiger partial charge on any atom is 0.229 e. The van der Waals surface area contributed by atoms with E-state index in [0.717, 1.165) is 0 Å². The molecule has 0 spiro atoms. The molecule has 15 heteroatoms. The normalized spacial score (nSPS) is 32.4. The maximum atomic E-state index is 13.0. The van der Waals surface area contributed by atoms with Gasteiger partial charge in [-0.3, -0.25) is 4.79 Å². The van der Waals surface area contributed by atoms with Crippen molar-refractivity contribution in [2.24, 2.45) is 0 Å². The monoisotopic (exact) mass is 622 g/mol. The zero-order valence-electron chi connectivity index (χ0n) is 23.8. The zero-order chi connectivity index (χ0) is 31.9. The fourth-order valence-electron chi connectivity index (χ4n) is 5.06. The molecule has 15 nitrogen and oxygen atoms in total. The van der Waals surface area contributed by atoms with E-state index in [4.69, 9.17) is 32.8 Å². The number of aromatic hydroxyl groups is 1. The van der Waals surface area contributed by atoms with Gasteiger partial charge in [0.2, 0.25) is 12.0 Å². The number of phenols is 1. The van der Waals surface area contributed by atoms with E-state index < -0.39 is 79.2 Å². The van der Waals surface area contributed by atoms with Crippen LogP contribution < -0.4 is 19.6 Å². The number of aliphatic hydroxyl groups excluding tert-OH is 6. The lowest BCUT2D eigenvalue weighted by molar-refractivity contribution is -0.318. The summed E-state index contributed by atoms with van der Waals surface area (Å²) in [6.07, 6.45) is -15.2. The lowest BCUT2D eigenvalue weighted by Gasteiger charge is -2.42. The predicted octanol–water partition coefficient (Wildman–Crippen LogP) is -0.787. The fraction of sp³-hybridized carbons (Fsp3) is 0.483. The third-order valence-corrected chi connectivity index (χ3v) is 7.64. The van der Waals surface area contributed by atoms with Gasteiger partial charge >= 0.3 is 0 Å². The molecule has 5 rings (SSSR count). The van der Waals surface area contributed by atoms with Crippen LogP contribution in [0.3, 0.4) is 0 Å². The van der Waals surface area contributed by atoms with E-state index in [1.807, 2.05) is 0 Å². The lowest BCUT2D eigenvalue weighted by Crippen LogP contribution is -2.61. The minimum Gasteiger partial charge on any atom is -0.504 e. The summed E-state index contributed by atoms with van der Waals surface area (Å²) in [4.78, 5) is 13.0. The lowest BCUT2D eigenvalue weighted by atomic mass is 9.98. The molecule has 7 N–H and O–H groups in total. The van der Waals surface area contributed by atoms with Crippen molar-refractivity contribution < 1.29 is 68.6 Å². The van der Waals surface area contributed by atoms with Crippen LogP contribution in [-0.4, -0.2) is 118 Å². The van der Waals surface area contributed by atoms with E-state index in [0.29, 0.717) is 11.3 Å². The molecule has 8 unspecified atom stereocenters. The maximum absolute atomic E-state index is 13.0. The Morgan fingerprint density at radius 1 is 0.795 bits per heavy atom. The number of hydrogen-bond acceptors (Lipinski definition) is 15. The summed E-state index contributed by atoms with van der Waals surface area (Å²) in [6, 6.07) is 9.13. The highest BCUT2D eigenvalue weighted by Crippen LogP contribution is 2.43. The van der Waals surface area contributed by atoms with E-state index in [1.165, 1.54) is 33.3 Å². The highest BCUT2D eigenvalue weighted by molar-refractivity contribution is 5.89. The third-order valence-electron chi connectivity index (χ3n) is 7.64. The van der Waals surface area contributed by atoms with Crippen LogP contribution in [0.1, 0.15) is 6.92 Å². The van der Waals surface area contributed by atoms with Crippen molar-refractivity contribution in [3.8, 4) is 34.3 Å². The Hall–Kier alpha value is -3.51. The van der Waals surface area contributed by atoms with Gasteiger partial charge in [-0.25, -0.2) is 0 Å². The molecule has 2 aromatic carbocycles. The van der Waals surface area contributed by atoms with Crippen LogP contribution in [0.4, 0.5) is 0 Å². The molecule has 0 aliphatic carbocycles. The van der Waals surface area contributed by atoms with Crippen LogP contribution in [0.25, 0.3) is 22.3 Å². The van der Waals surface area contributed by atoms with E-state index in [1.54, 1.807) is 24.3 Å². The highest BCUT2D eigenvalue weighted by atomic mass is 16.7. The molecule has 1 aromatic heterocycles. The van der Waals surface area contributed by atoms with Crippen LogP contribution in [-0.2, 0) is 14.2 Å². The second kappa shape index (κ2) is 12.8. The Morgan fingerprint density at radius 2 is 1.45 bits per heavy atom. The molecule has 44 heavy (non-hydrogen) atoms. The molecule has 0 saturated carbocycles. The number of aliphatic hydroxyl groups is 6. The second-order valence-corrected chi connectivity index (χ2v) is 10.5. The first-order chi connectivity index (χ1) is 20.9. The second-order valence-electron chi connectivity index (χ2n) is 10.5. The first-order valence-corrected chi connectivity index (χ1v) is 13.6. The third kappa shape index (κ3) is 5.93. The van der Waals surface area contributed by atoms with Crippen LogP contribution >= 0.6 is 0 Å². The number of hydrogen-bond donors (Lipinski definition) is 7. The quantitative estimate of drug-likeness (QED) is 0.163. The summed E-state index contributed by atoms with van der Waals surface area (Å²) in [6.45, 7) is 0.947. The number of ether oxygens (including phenoxy) is 6. The van der Waals surface area contributed by atoms with Gasteiger partial charge in [0.15, 0.2) is 23.2 Å². The summed E-state index contributed by atoms with van der Waals surface area (Å²) in [7, 11) is 2.72. The highest BCUT2D eigenvalue weighted by Gasteiger charge is 2.47. The summed E-state index contributed by atoms with van der Waals surface area (Å²) >= 11 is 0. The summed E-state index contributed by atoms with van der Waals surface area (Å²) in [5, 5.41) is 72.6. The molecule has 3 aromatic rings. The number of fused-ring (bicyclic) bond motifs is 1. The molecule has 3 heterocycles. The number of phenolic OH excluding ortho intramolecular Hbond substituents is 1. The van der Waals surface area contributed by atoms with Gasteiger partial charge in [-0.15, -0.1) is 0 Å². The van der Waals surface area contributed by atoms with E-state index in [2.05, 4.69) is 0 Å². The van der Waals surface area contributed by atoms with Crippen molar-refractivity contribution >= 4 is 11.0 Å². The van der Waals surface area contributed by atoms with Gasteiger partial charge < -0.3 is 68.6 Å². The molecule has 2 saturated heterocycles. The van der Waals surface area contributed by atoms with Gasteiger partial charge in [0, 0.05) is 17.7 Å². The van der Waals surface area contributed by atoms with E-state index >= 15 is 0 Å². The Balaban J connectivity index is 1.41. The minimum absolute atomic E-state index is 0.0966. The standard InChI is InChI=1S/C29H34O15/c1-11-20(31)23(34)25(36)28(41-11)40-10-18-21(32)24(35)26(37)29(44-18)43-17-9-16-19(22(33)27(17)39-3)14(30)8-15(42-16)12-4-6-13(38-2)7-5-12/h4-9,11,18,20-21,23-26,28-29,31-37H,10H2,1-3H3/t11?,18?,20?,21?,23?,24?,25-,26?,28?,29+/m0/s1. The Bertz CT molecular complexity index is 1510. The summed E-state index contributed by atoms with van der Waals surface area (Å²) in [5.41, 5.74) is -0.138. The van der Waals surface area contributed by atoms with Gasteiger partial charge in [0.05, 0.1) is 26.9 Å². The number of methoxy groups -OCH3 is 2. The van der Waals surface area contributed by atoms with Gasteiger partial charge in [0.1, 0.15) is 65.2 Å². The van der Waals surface area contributed by atoms with Crippen LogP contribution in [0, 0.1) is 0 Å². The van der Waals surface area contributed by atoms with Gasteiger partial charge in [-0.1, -0.05) is 0 Å². The molecule has 2 aliphatic rings. The predicted molar refractivity (Wildman–Crippen MR) is 148 cm³/mol. The smallest absolute Gasteiger partial charge is 0.229 e. The molecular formula is C29H34O15. The molecule has 0 amide bonds. The van der Waals surface area contributed by atoms with Crippen LogP contribution in [0.15, 0.2) is 45.6 Å². The first-order valence-electron chi connectivity index (χ1n) is 13.6. The molecule has 10 atom stereocenters. The summed E-state index contributed by atoms with van der Waals surface area (Å²) in [5.74, 6) is -0.391. The topological polar surface area (TPSA) is 227 Å². The largest absolute Gasteiger partial charge is 0.504 e. The Kier molecular flexibility index (Phi) is 9.31. The summed E-state index contributed by atoms with van der Waals surface area (Å²) < 4.78 is 38.7. The van der Waals surface area contributed by atoms with Crippen molar-refractivity contribution in [3.63, 3.8) is 0 Å². The SMILES string of the molecule is COc1ccc(-c2cc(=O)c3c(O)c(OC)c(O[C@@H]4OC(COC5OC(C)C(O)C(O)[C@@H]5O)C(O)C(O)C4O)cc3o2)cc1. The van der Waals surface area contributed by atoms with Gasteiger partial charge in [0.25, 0.3) is 0 Å². The minimum atomic E-state index is -1.81. The molecule has 2 fully saturated rings. The molecule has 0 bridgehead atoms. The number of benzene rings is 2. The van der Waals surface area contributed by atoms with E-state index in [-0.39, 0.29) is 28.2 Å². The van der Waals surface area contributed by atoms with E-state index in [9.17, 15) is 40.5 Å². The average molecular weight is 623 g/mol. The van der Waals surface area contributed by atoms with Crippen LogP contribution in [0.5, 0.6) is 23.0 Å². The van der Waals surface area contributed by atoms with Crippen molar-refractivity contribution in [2.45, 2.75) is 68.3 Å². The molecule has 0 radical (unpaired) electrons. The fourth-order valence-corrected chi connectivity index (χ4v) is 5.06. The average Bonchev–Trinajstić information content (AvgIpc) is 3.01. The van der Waals surface area contributed by atoms with Gasteiger partial charge in [-0.2, -0.15) is 0 Å². The molecular weight excluding hydrogens is 588 g/mol. The van der Waals surface area contributed by atoms with Crippen LogP contribution in [0.2, 0.25) is 0 Å². The zero-order valence-corrected chi connectivity index (χ0v) is 23.8. The molecule has 2 aliphatic heterocycles. The molecule has 240 valence electrons. The number of rotatable bonds is 8. The van der Waals surface area contributed by atoms with Crippen molar-refractivity contribution in [3.05, 3.63) is 46.6 Å². The first kappa shape index (κ1) is 31.9. The van der Waals surface area contributed by atoms with Crippen molar-refractivity contribution in [2.75, 3.05) is 20.8 Å². The Labute approximate surface area is 249 Å². The van der Waals surface area contributed by atoms with Crippen molar-refractivity contribution in [1.82, 2.24) is 0 Å².